The highest BCUT2D eigenvalue weighted by Crippen LogP contribution is 2.24. The molecule has 4 nitrogen and oxygen atoms in total. The van der Waals surface area contributed by atoms with Crippen LogP contribution in [0.15, 0.2) is 48.5 Å². The summed E-state index contributed by atoms with van der Waals surface area (Å²) in [6, 6.07) is 15.5. The molecule has 25 heavy (non-hydrogen) atoms. The van der Waals surface area contributed by atoms with Crippen LogP contribution in [0.25, 0.3) is 0 Å². The number of amides is 1. The van der Waals surface area contributed by atoms with Crippen LogP contribution in [0.4, 0.5) is 0 Å². The first-order valence-corrected chi connectivity index (χ1v) is 8.47. The van der Waals surface area contributed by atoms with Crippen molar-refractivity contribution in [3.05, 3.63) is 59.7 Å². The molecule has 0 unspecified atom stereocenters. The van der Waals surface area contributed by atoms with Gasteiger partial charge >= 0.3 is 0 Å². The van der Waals surface area contributed by atoms with Gasteiger partial charge in [0.05, 0.1) is 7.11 Å². The summed E-state index contributed by atoms with van der Waals surface area (Å²) in [5.41, 5.74) is 2.34. The standard InChI is InChI=1S/C21H27NO3/c1-15(25-19-12-8-17(9-13-19)21(2,3)4)20(23)22-14-16-6-10-18(24-5)11-7-16/h6-13,15H,14H2,1-5H3,(H,22,23)/t15-/m0/s1. The summed E-state index contributed by atoms with van der Waals surface area (Å²) in [6.07, 6.45) is -0.557. The Balaban J connectivity index is 1.87. The van der Waals surface area contributed by atoms with Gasteiger partial charge in [0.25, 0.3) is 5.91 Å². The van der Waals surface area contributed by atoms with Gasteiger partial charge in [0.2, 0.25) is 0 Å². The van der Waals surface area contributed by atoms with E-state index in [1.54, 1.807) is 14.0 Å². The Labute approximate surface area is 150 Å². The number of nitrogens with one attached hydrogen (secondary N) is 1. The van der Waals surface area contributed by atoms with Crippen molar-refractivity contribution in [1.82, 2.24) is 5.32 Å². The van der Waals surface area contributed by atoms with Crippen LogP contribution in [0.3, 0.4) is 0 Å². The average molecular weight is 341 g/mol. The van der Waals surface area contributed by atoms with E-state index in [2.05, 4.69) is 26.1 Å². The minimum Gasteiger partial charge on any atom is -0.497 e. The molecular weight excluding hydrogens is 314 g/mol. The molecule has 2 rings (SSSR count). The molecule has 0 aliphatic carbocycles. The van der Waals surface area contributed by atoms with Crippen molar-refractivity contribution in [3.8, 4) is 11.5 Å². The quantitative estimate of drug-likeness (QED) is 0.861. The fraction of sp³-hybridized carbons (Fsp3) is 0.381. The zero-order valence-electron chi connectivity index (χ0n) is 15.6. The SMILES string of the molecule is COc1ccc(CNC(=O)[C@H](C)Oc2ccc(C(C)(C)C)cc2)cc1. The first kappa shape index (κ1) is 18.8. The monoisotopic (exact) mass is 341 g/mol. The van der Waals surface area contributed by atoms with Crippen molar-refractivity contribution in [3.63, 3.8) is 0 Å². The van der Waals surface area contributed by atoms with Crippen molar-refractivity contribution in [2.75, 3.05) is 7.11 Å². The van der Waals surface area contributed by atoms with Crippen LogP contribution in [0.1, 0.15) is 38.8 Å². The number of methoxy groups -OCH3 is 1. The van der Waals surface area contributed by atoms with E-state index >= 15 is 0 Å². The van der Waals surface area contributed by atoms with E-state index in [1.165, 1.54) is 5.56 Å². The maximum absolute atomic E-state index is 12.2. The normalized spacial score (nSPS) is 12.4. The molecule has 0 aliphatic rings. The van der Waals surface area contributed by atoms with Gasteiger partial charge in [-0.3, -0.25) is 4.79 Å². The van der Waals surface area contributed by atoms with Gasteiger partial charge in [0, 0.05) is 6.54 Å². The highest BCUT2D eigenvalue weighted by atomic mass is 16.5. The smallest absolute Gasteiger partial charge is 0.261 e. The first-order valence-electron chi connectivity index (χ1n) is 8.47. The second-order valence-electron chi connectivity index (χ2n) is 7.10. The lowest BCUT2D eigenvalue weighted by Gasteiger charge is -2.20. The minimum absolute atomic E-state index is 0.0971. The van der Waals surface area contributed by atoms with Crippen molar-refractivity contribution in [1.29, 1.82) is 0 Å². The molecule has 0 fully saturated rings. The Morgan fingerprint density at radius 3 is 2.08 bits per heavy atom. The lowest BCUT2D eigenvalue weighted by Crippen LogP contribution is -2.35. The number of carbonyl (C=O) groups excluding carboxylic acids is 1. The van der Waals surface area contributed by atoms with Crippen LogP contribution in [0.2, 0.25) is 0 Å². The van der Waals surface area contributed by atoms with Crippen molar-refractivity contribution < 1.29 is 14.3 Å². The van der Waals surface area contributed by atoms with Crippen molar-refractivity contribution in [2.45, 2.75) is 45.8 Å². The Hall–Kier alpha value is -2.49. The summed E-state index contributed by atoms with van der Waals surface area (Å²) in [5.74, 6) is 1.35. The van der Waals surface area contributed by atoms with Crippen LogP contribution in [-0.4, -0.2) is 19.1 Å². The van der Waals surface area contributed by atoms with Crippen molar-refractivity contribution in [2.24, 2.45) is 0 Å². The maximum atomic E-state index is 12.2. The van der Waals surface area contributed by atoms with Gasteiger partial charge < -0.3 is 14.8 Å². The summed E-state index contributed by atoms with van der Waals surface area (Å²) in [5, 5.41) is 2.89. The molecule has 0 aromatic heterocycles. The average Bonchev–Trinajstić information content (AvgIpc) is 2.59. The molecule has 0 bridgehead atoms. The lowest BCUT2D eigenvalue weighted by molar-refractivity contribution is -0.127. The van der Waals surface area contributed by atoms with E-state index in [-0.39, 0.29) is 11.3 Å². The summed E-state index contributed by atoms with van der Waals surface area (Å²) >= 11 is 0. The molecule has 0 saturated heterocycles. The Kier molecular flexibility index (Phi) is 6.07. The molecule has 134 valence electrons. The molecule has 4 heteroatoms. The van der Waals surface area contributed by atoms with Crippen molar-refractivity contribution >= 4 is 5.91 Å². The van der Waals surface area contributed by atoms with E-state index in [4.69, 9.17) is 9.47 Å². The second-order valence-corrected chi connectivity index (χ2v) is 7.10. The molecule has 0 aliphatic heterocycles. The third-order valence-electron chi connectivity index (χ3n) is 4.03. The maximum Gasteiger partial charge on any atom is 0.261 e. The molecule has 0 radical (unpaired) electrons. The predicted molar refractivity (Wildman–Crippen MR) is 100 cm³/mol. The molecule has 1 atom stereocenters. The third-order valence-corrected chi connectivity index (χ3v) is 4.03. The molecule has 2 aromatic rings. The summed E-state index contributed by atoms with van der Waals surface area (Å²) in [4.78, 5) is 12.2. The van der Waals surface area contributed by atoms with Crippen LogP contribution in [-0.2, 0) is 16.8 Å². The summed E-state index contributed by atoms with van der Waals surface area (Å²) in [6.45, 7) is 8.70. The lowest BCUT2D eigenvalue weighted by atomic mass is 9.87. The molecule has 0 spiro atoms. The van der Waals surface area contributed by atoms with Crippen LogP contribution in [0, 0.1) is 0 Å². The number of hydrogen-bond acceptors (Lipinski definition) is 3. The molecular formula is C21H27NO3. The second kappa shape index (κ2) is 8.06. The number of benzene rings is 2. The Morgan fingerprint density at radius 2 is 1.56 bits per heavy atom. The summed E-state index contributed by atoms with van der Waals surface area (Å²) in [7, 11) is 1.63. The van der Waals surface area contributed by atoms with Crippen LogP contribution >= 0.6 is 0 Å². The number of ether oxygens (including phenoxy) is 2. The highest BCUT2D eigenvalue weighted by molar-refractivity contribution is 5.80. The largest absolute Gasteiger partial charge is 0.497 e. The van der Waals surface area contributed by atoms with Gasteiger partial charge in [-0.2, -0.15) is 0 Å². The van der Waals surface area contributed by atoms with E-state index < -0.39 is 6.10 Å². The number of hydrogen-bond donors (Lipinski definition) is 1. The van der Waals surface area contributed by atoms with Gasteiger partial charge in [-0.05, 0) is 47.7 Å². The predicted octanol–water partition coefficient (Wildman–Crippen LogP) is 4.08. The summed E-state index contributed by atoms with van der Waals surface area (Å²) < 4.78 is 10.9. The van der Waals surface area contributed by atoms with Crippen LogP contribution < -0.4 is 14.8 Å². The number of carbonyl (C=O) groups is 1. The molecule has 2 aromatic carbocycles. The van der Waals surface area contributed by atoms with E-state index in [0.29, 0.717) is 12.3 Å². The third kappa shape index (κ3) is 5.52. The van der Waals surface area contributed by atoms with E-state index in [9.17, 15) is 4.79 Å². The van der Waals surface area contributed by atoms with Crippen LogP contribution in [0.5, 0.6) is 11.5 Å². The van der Waals surface area contributed by atoms with Gasteiger partial charge in [-0.25, -0.2) is 0 Å². The van der Waals surface area contributed by atoms with E-state index in [1.807, 2.05) is 48.5 Å². The zero-order chi connectivity index (χ0) is 18.4. The highest BCUT2D eigenvalue weighted by Gasteiger charge is 2.16. The first-order chi connectivity index (χ1) is 11.8. The van der Waals surface area contributed by atoms with Gasteiger partial charge in [-0.15, -0.1) is 0 Å². The minimum atomic E-state index is -0.557. The fourth-order valence-corrected chi connectivity index (χ4v) is 2.37. The molecule has 0 heterocycles. The molecule has 1 amide bonds. The van der Waals surface area contributed by atoms with Gasteiger partial charge in [0.15, 0.2) is 6.10 Å². The fourth-order valence-electron chi connectivity index (χ4n) is 2.37. The van der Waals surface area contributed by atoms with E-state index in [0.717, 1.165) is 11.3 Å². The molecule has 0 saturated carbocycles. The Morgan fingerprint density at radius 1 is 1.00 bits per heavy atom. The number of rotatable bonds is 6. The topological polar surface area (TPSA) is 47.6 Å². The van der Waals surface area contributed by atoms with Gasteiger partial charge in [-0.1, -0.05) is 45.0 Å². The molecule has 1 N–H and O–H groups in total. The Bertz CT molecular complexity index is 685. The van der Waals surface area contributed by atoms with Gasteiger partial charge in [0.1, 0.15) is 11.5 Å². The zero-order valence-corrected chi connectivity index (χ0v) is 15.6.